The zero-order chi connectivity index (χ0) is 23.9. The maximum atomic E-state index is 12.0. The molecule has 0 aromatic heterocycles. The van der Waals surface area contributed by atoms with Gasteiger partial charge in [0.25, 0.3) is 0 Å². The SMILES string of the molecule is O=C(CCNCCCc1cccc(OCCCCCc2ccccc2)c1)OC(=O)C(F)(F)F. The van der Waals surface area contributed by atoms with Gasteiger partial charge in [0.2, 0.25) is 0 Å². The Bertz CT molecular complexity index is 856. The van der Waals surface area contributed by atoms with Gasteiger partial charge in [0.05, 0.1) is 13.0 Å². The molecule has 0 spiro atoms. The molecule has 0 aliphatic rings. The number of benzene rings is 2. The molecule has 0 unspecified atom stereocenters. The van der Waals surface area contributed by atoms with Gasteiger partial charge in [-0.1, -0.05) is 42.5 Å². The zero-order valence-electron chi connectivity index (χ0n) is 18.5. The fraction of sp³-hybridized carbons (Fsp3) is 0.440. The molecule has 180 valence electrons. The largest absolute Gasteiger partial charge is 0.494 e. The van der Waals surface area contributed by atoms with Crippen LogP contribution in [0, 0.1) is 0 Å². The summed E-state index contributed by atoms with van der Waals surface area (Å²) in [5, 5.41) is 2.95. The van der Waals surface area contributed by atoms with Gasteiger partial charge in [0.15, 0.2) is 0 Å². The van der Waals surface area contributed by atoms with E-state index in [1.807, 2.05) is 30.3 Å². The van der Waals surface area contributed by atoms with E-state index >= 15 is 0 Å². The molecule has 0 amide bonds. The second-order valence-electron chi connectivity index (χ2n) is 7.65. The predicted octanol–water partition coefficient (Wildman–Crippen LogP) is 5.02. The van der Waals surface area contributed by atoms with Crippen LogP contribution < -0.4 is 10.1 Å². The lowest BCUT2D eigenvalue weighted by Crippen LogP contribution is -2.29. The molecule has 0 radical (unpaired) electrons. The van der Waals surface area contributed by atoms with Crippen molar-refractivity contribution >= 4 is 11.9 Å². The van der Waals surface area contributed by atoms with E-state index in [0.29, 0.717) is 13.2 Å². The Kier molecular flexibility index (Phi) is 11.4. The molecule has 0 atom stereocenters. The first-order valence-corrected chi connectivity index (χ1v) is 11.1. The highest BCUT2D eigenvalue weighted by molar-refractivity contribution is 5.88. The summed E-state index contributed by atoms with van der Waals surface area (Å²) in [5.41, 5.74) is 2.48. The molecule has 33 heavy (non-hydrogen) atoms. The van der Waals surface area contributed by atoms with Crippen molar-refractivity contribution in [1.82, 2.24) is 5.32 Å². The van der Waals surface area contributed by atoms with E-state index in [1.54, 1.807) is 0 Å². The number of hydrogen-bond donors (Lipinski definition) is 1. The number of ether oxygens (including phenoxy) is 2. The highest BCUT2D eigenvalue weighted by Crippen LogP contribution is 2.17. The molecule has 0 aliphatic carbocycles. The number of carbonyl (C=O) groups is 2. The van der Waals surface area contributed by atoms with Gasteiger partial charge in [0.1, 0.15) is 5.75 Å². The fourth-order valence-corrected chi connectivity index (χ4v) is 3.18. The molecule has 0 fully saturated rings. The molecule has 0 heterocycles. The van der Waals surface area contributed by atoms with Crippen molar-refractivity contribution in [3.63, 3.8) is 0 Å². The third-order valence-electron chi connectivity index (χ3n) is 4.88. The average molecular weight is 466 g/mol. The molecule has 2 aromatic rings. The number of nitrogens with one attached hydrogen (secondary N) is 1. The van der Waals surface area contributed by atoms with Crippen LogP contribution in [0.2, 0.25) is 0 Å². The van der Waals surface area contributed by atoms with Crippen LogP contribution in [-0.4, -0.2) is 37.8 Å². The van der Waals surface area contributed by atoms with Gasteiger partial charge in [-0.2, -0.15) is 13.2 Å². The van der Waals surface area contributed by atoms with Gasteiger partial charge in [-0.15, -0.1) is 0 Å². The first kappa shape index (κ1) is 26.4. The number of esters is 2. The quantitative estimate of drug-likeness (QED) is 0.241. The lowest BCUT2D eigenvalue weighted by molar-refractivity contribution is -0.201. The Labute approximate surface area is 192 Å². The van der Waals surface area contributed by atoms with Crippen LogP contribution in [0.25, 0.3) is 0 Å². The monoisotopic (exact) mass is 465 g/mol. The molecular weight excluding hydrogens is 435 g/mol. The second kappa shape index (κ2) is 14.3. The van der Waals surface area contributed by atoms with Crippen molar-refractivity contribution in [2.75, 3.05) is 19.7 Å². The summed E-state index contributed by atoms with van der Waals surface area (Å²) in [6, 6.07) is 18.3. The molecule has 0 saturated carbocycles. The van der Waals surface area contributed by atoms with Crippen LogP contribution in [0.4, 0.5) is 13.2 Å². The Morgan fingerprint density at radius 2 is 1.55 bits per heavy atom. The lowest BCUT2D eigenvalue weighted by Gasteiger charge is -2.09. The lowest BCUT2D eigenvalue weighted by atomic mass is 10.1. The van der Waals surface area contributed by atoms with Crippen LogP contribution >= 0.6 is 0 Å². The predicted molar refractivity (Wildman–Crippen MR) is 119 cm³/mol. The van der Waals surface area contributed by atoms with E-state index in [4.69, 9.17) is 4.74 Å². The van der Waals surface area contributed by atoms with E-state index < -0.39 is 18.1 Å². The number of halogens is 3. The maximum Gasteiger partial charge on any atom is 0.491 e. The topological polar surface area (TPSA) is 64.6 Å². The number of hydrogen-bond acceptors (Lipinski definition) is 5. The molecule has 0 bridgehead atoms. The van der Waals surface area contributed by atoms with E-state index in [9.17, 15) is 22.8 Å². The molecule has 0 aliphatic heterocycles. The number of rotatable bonds is 14. The summed E-state index contributed by atoms with van der Waals surface area (Å²) in [7, 11) is 0. The van der Waals surface area contributed by atoms with Gasteiger partial charge in [-0.05, 0) is 68.3 Å². The molecule has 8 heteroatoms. The van der Waals surface area contributed by atoms with Gasteiger partial charge < -0.3 is 14.8 Å². The van der Waals surface area contributed by atoms with Crippen LogP contribution in [0.3, 0.4) is 0 Å². The van der Waals surface area contributed by atoms with Crippen molar-refractivity contribution in [3.05, 3.63) is 65.7 Å². The first-order chi connectivity index (χ1) is 15.8. The Morgan fingerprint density at radius 1 is 0.818 bits per heavy atom. The fourth-order valence-electron chi connectivity index (χ4n) is 3.18. The average Bonchev–Trinajstić information content (AvgIpc) is 2.79. The molecular formula is C25H30F3NO4. The van der Waals surface area contributed by atoms with E-state index in [0.717, 1.165) is 49.8 Å². The number of unbranched alkanes of at least 4 members (excludes halogenated alkanes) is 2. The van der Waals surface area contributed by atoms with E-state index in [1.165, 1.54) is 5.56 Å². The Balaban J connectivity index is 1.53. The standard InChI is InChI=1S/C25H30F3NO4/c26-25(27,28)24(31)33-23(30)15-17-29-16-8-13-21-12-7-14-22(19-21)32-18-6-2-5-11-20-9-3-1-4-10-20/h1,3-4,7,9-10,12,14,19,29H,2,5-6,8,11,13,15-18H2. The van der Waals surface area contributed by atoms with Crippen LogP contribution in [0.1, 0.15) is 43.2 Å². The third kappa shape index (κ3) is 11.5. The summed E-state index contributed by atoms with van der Waals surface area (Å²) >= 11 is 0. The smallest absolute Gasteiger partial charge is 0.491 e. The highest BCUT2D eigenvalue weighted by Gasteiger charge is 2.42. The summed E-state index contributed by atoms with van der Waals surface area (Å²) < 4.78 is 45.6. The van der Waals surface area contributed by atoms with Crippen LogP contribution in [0.15, 0.2) is 54.6 Å². The van der Waals surface area contributed by atoms with Crippen molar-refractivity contribution < 1.29 is 32.2 Å². The van der Waals surface area contributed by atoms with Gasteiger partial charge in [-0.25, -0.2) is 4.79 Å². The highest BCUT2D eigenvalue weighted by atomic mass is 19.4. The normalized spacial score (nSPS) is 11.2. The minimum atomic E-state index is -5.16. The Hall–Kier alpha value is -2.87. The van der Waals surface area contributed by atoms with E-state index in [2.05, 4.69) is 34.3 Å². The zero-order valence-corrected chi connectivity index (χ0v) is 18.5. The summed E-state index contributed by atoms with van der Waals surface area (Å²) in [4.78, 5) is 21.8. The summed E-state index contributed by atoms with van der Waals surface area (Å²) in [6.07, 6.45) is 0.419. The number of carbonyl (C=O) groups excluding carboxylic acids is 2. The summed E-state index contributed by atoms with van der Waals surface area (Å²) in [5.74, 6) is -2.85. The number of aryl methyl sites for hydroxylation is 2. The van der Waals surface area contributed by atoms with Gasteiger partial charge in [-0.3, -0.25) is 4.79 Å². The van der Waals surface area contributed by atoms with Gasteiger partial charge >= 0.3 is 18.1 Å². The molecule has 5 nitrogen and oxygen atoms in total. The van der Waals surface area contributed by atoms with Gasteiger partial charge in [0, 0.05) is 6.54 Å². The molecule has 2 aromatic carbocycles. The van der Waals surface area contributed by atoms with Crippen LogP contribution in [0.5, 0.6) is 5.75 Å². The minimum Gasteiger partial charge on any atom is -0.494 e. The maximum absolute atomic E-state index is 12.0. The van der Waals surface area contributed by atoms with Crippen molar-refractivity contribution in [2.45, 2.75) is 51.1 Å². The minimum absolute atomic E-state index is 0.136. The summed E-state index contributed by atoms with van der Waals surface area (Å²) in [6.45, 7) is 1.39. The van der Waals surface area contributed by atoms with Crippen molar-refractivity contribution in [3.8, 4) is 5.75 Å². The first-order valence-electron chi connectivity index (χ1n) is 11.1. The van der Waals surface area contributed by atoms with Crippen LogP contribution in [-0.2, 0) is 27.2 Å². The Morgan fingerprint density at radius 3 is 2.30 bits per heavy atom. The molecule has 2 rings (SSSR count). The van der Waals surface area contributed by atoms with Crippen molar-refractivity contribution in [2.24, 2.45) is 0 Å². The third-order valence-corrected chi connectivity index (χ3v) is 4.88. The second-order valence-corrected chi connectivity index (χ2v) is 7.65. The van der Waals surface area contributed by atoms with Crippen molar-refractivity contribution in [1.29, 1.82) is 0 Å². The molecule has 0 saturated heterocycles. The molecule has 1 N–H and O–H groups in total. The number of alkyl halides is 3. The van der Waals surface area contributed by atoms with E-state index in [-0.39, 0.29) is 13.0 Å².